The van der Waals surface area contributed by atoms with E-state index in [2.05, 4.69) is 16.0 Å². The van der Waals surface area contributed by atoms with Crippen LogP contribution in [0.2, 0.25) is 5.02 Å². The highest BCUT2D eigenvalue weighted by molar-refractivity contribution is 7.14. The number of urea groups is 1. The van der Waals surface area contributed by atoms with E-state index in [1.807, 2.05) is 53.9 Å². The SMILES string of the molecule is O=C(Nc1cccc(-c2csc(Nc3ccccc3Cl)n2)c1)NC12CC3CC(CC(C3)C1)C2. The quantitative estimate of drug-likeness (QED) is 0.360. The average Bonchev–Trinajstić information content (AvgIpc) is 3.23. The second kappa shape index (κ2) is 8.33. The van der Waals surface area contributed by atoms with E-state index in [4.69, 9.17) is 16.6 Å². The lowest BCUT2D eigenvalue weighted by Gasteiger charge is -2.56. The minimum Gasteiger partial charge on any atom is -0.332 e. The third-order valence-corrected chi connectivity index (χ3v) is 8.54. The lowest BCUT2D eigenvalue weighted by molar-refractivity contribution is -0.0127. The number of carbonyl (C=O) groups is 1. The number of halogens is 1. The van der Waals surface area contributed by atoms with E-state index >= 15 is 0 Å². The number of carbonyl (C=O) groups excluding carboxylic acids is 1. The van der Waals surface area contributed by atoms with Crippen molar-refractivity contribution in [1.82, 2.24) is 10.3 Å². The van der Waals surface area contributed by atoms with Crippen molar-refractivity contribution in [2.24, 2.45) is 17.8 Å². The maximum atomic E-state index is 12.9. The molecule has 4 aliphatic rings. The third-order valence-electron chi connectivity index (χ3n) is 7.45. The molecule has 3 N–H and O–H groups in total. The standard InChI is InChI=1S/C26H27ClN4OS/c27-21-6-1-2-7-22(21)29-25-30-23(15-33-25)19-4-3-5-20(11-19)28-24(32)31-26-12-16-8-17(13-26)10-18(9-16)14-26/h1-7,11,15-18H,8-10,12-14H2,(H,29,30)(H2,28,31,32). The minimum atomic E-state index is -0.0894. The lowest BCUT2D eigenvalue weighted by Crippen LogP contribution is -2.60. The molecule has 4 saturated carbocycles. The van der Waals surface area contributed by atoms with E-state index in [0.29, 0.717) is 5.02 Å². The van der Waals surface area contributed by atoms with Crippen LogP contribution >= 0.6 is 22.9 Å². The Labute approximate surface area is 203 Å². The molecule has 7 heteroatoms. The van der Waals surface area contributed by atoms with Gasteiger partial charge in [-0.15, -0.1) is 11.3 Å². The van der Waals surface area contributed by atoms with Crippen LogP contribution in [0.3, 0.4) is 0 Å². The molecule has 1 aromatic heterocycles. The van der Waals surface area contributed by atoms with Crippen molar-refractivity contribution < 1.29 is 4.79 Å². The van der Waals surface area contributed by atoms with Crippen molar-refractivity contribution >= 4 is 45.5 Å². The van der Waals surface area contributed by atoms with E-state index in [-0.39, 0.29) is 11.6 Å². The van der Waals surface area contributed by atoms with E-state index in [9.17, 15) is 4.79 Å². The Balaban J connectivity index is 1.13. The molecule has 2 amide bonds. The molecule has 4 aliphatic carbocycles. The van der Waals surface area contributed by atoms with Gasteiger partial charge in [0.25, 0.3) is 0 Å². The van der Waals surface area contributed by atoms with Gasteiger partial charge in [0.1, 0.15) is 0 Å². The third kappa shape index (κ3) is 4.34. The first-order valence-corrected chi connectivity index (χ1v) is 13.0. The van der Waals surface area contributed by atoms with Gasteiger partial charge in [0.05, 0.1) is 16.4 Å². The van der Waals surface area contributed by atoms with Crippen LogP contribution in [-0.2, 0) is 0 Å². The van der Waals surface area contributed by atoms with Gasteiger partial charge in [-0.3, -0.25) is 0 Å². The van der Waals surface area contributed by atoms with Gasteiger partial charge < -0.3 is 16.0 Å². The predicted molar refractivity (Wildman–Crippen MR) is 135 cm³/mol. The molecule has 0 spiro atoms. The van der Waals surface area contributed by atoms with Gasteiger partial charge in [-0.1, -0.05) is 35.9 Å². The highest BCUT2D eigenvalue weighted by atomic mass is 35.5. The molecule has 5 nitrogen and oxygen atoms in total. The minimum absolute atomic E-state index is 0.00460. The zero-order chi connectivity index (χ0) is 22.4. The zero-order valence-corrected chi connectivity index (χ0v) is 19.9. The summed E-state index contributed by atoms with van der Waals surface area (Å²) in [6.45, 7) is 0. The largest absolute Gasteiger partial charge is 0.332 e. The summed E-state index contributed by atoms with van der Waals surface area (Å²) in [6.07, 6.45) is 7.54. The van der Waals surface area contributed by atoms with Gasteiger partial charge in [0.2, 0.25) is 0 Å². The number of aromatic nitrogens is 1. The Morgan fingerprint density at radius 2 is 1.73 bits per heavy atom. The summed E-state index contributed by atoms with van der Waals surface area (Å²) in [6, 6.07) is 15.4. The number of thiazole rings is 1. The van der Waals surface area contributed by atoms with Crippen LogP contribution < -0.4 is 16.0 Å². The maximum absolute atomic E-state index is 12.9. The summed E-state index contributed by atoms with van der Waals surface area (Å²) in [5.41, 5.74) is 3.44. The molecule has 0 radical (unpaired) electrons. The number of rotatable bonds is 5. The number of amides is 2. The fourth-order valence-corrected chi connectivity index (χ4v) is 7.48. The molecule has 4 fully saturated rings. The molecular weight excluding hydrogens is 452 g/mol. The predicted octanol–water partition coefficient (Wildman–Crippen LogP) is 7.30. The maximum Gasteiger partial charge on any atom is 0.319 e. The van der Waals surface area contributed by atoms with E-state index in [0.717, 1.165) is 64.8 Å². The molecule has 0 aliphatic heterocycles. The summed E-state index contributed by atoms with van der Waals surface area (Å²) in [5.74, 6) is 2.41. The number of nitrogens with zero attached hydrogens (tertiary/aromatic N) is 1. The summed E-state index contributed by atoms with van der Waals surface area (Å²) < 4.78 is 0. The molecule has 2 aromatic carbocycles. The van der Waals surface area contributed by atoms with Gasteiger partial charge in [0, 0.05) is 22.2 Å². The molecule has 0 atom stereocenters. The van der Waals surface area contributed by atoms with Gasteiger partial charge >= 0.3 is 6.03 Å². The van der Waals surface area contributed by atoms with Crippen LogP contribution in [0, 0.1) is 17.8 Å². The lowest BCUT2D eigenvalue weighted by atomic mass is 9.53. The number of anilines is 3. The van der Waals surface area contributed by atoms with E-state index in [1.54, 1.807) is 0 Å². The van der Waals surface area contributed by atoms with E-state index < -0.39 is 0 Å². The van der Waals surface area contributed by atoms with Crippen LogP contribution in [0.25, 0.3) is 11.3 Å². The van der Waals surface area contributed by atoms with Gasteiger partial charge in [0.15, 0.2) is 5.13 Å². The Hall–Kier alpha value is -2.57. The smallest absolute Gasteiger partial charge is 0.319 e. The van der Waals surface area contributed by atoms with Crippen molar-refractivity contribution in [3.8, 4) is 11.3 Å². The highest BCUT2D eigenvalue weighted by Gasteiger charge is 2.51. The number of hydrogen-bond donors (Lipinski definition) is 3. The van der Waals surface area contributed by atoms with E-state index in [1.165, 1.54) is 30.6 Å². The molecule has 4 bridgehead atoms. The van der Waals surface area contributed by atoms with Crippen molar-refractivity contribution in [1.29, 1.82) is 0 Å². The van der Waals surface area contributed by atoms with Crippen LogP contribution in [-0.4, -0.2) is 16.6 Å². The topological polar surface area (TPSA) is 66.0 Å². The molecule has 0 saturated heterocycles. The summed E-state index contributed by atoms with van der Waals surface area (Å²) in [4.78, 5) is 17.6. The number of hydrogen-bond acceptors (Lipinski definition) is 4. The summed E-state index contributed by atoms with van der Waals surface area (Å²) in [7, 11) is 0. The average molecular weight is 479 g/mol. The van der Waals surface area contributed by atoms with Crippen molar-refractivity contribution in [2.75, 3.05) is 10.6 Å². The molecule has 33 heavy (non-hydrogen) atoms. The monoisotopic (exact) mass is 478 g/mol. The number of para-hydroxylation sites is 1. The molecule has 1 heterocycles. The second-order valence-electron chi connectivity index (χ2n) is 10.0. The number of nitrogens with one attached hydrogen (secondary N) is 3. The second-order valence-corrected chi connectivity index (χ2v) is 11.3. The summed E-state index contributed by atoms with van der Waals surface area (Å²) in [5, 5.41) is 13.2. The van der Waals surface area contributed by atoms with Crippen molar-refractivity contribution in [2.45, 2.75) is 44.1 Å². The molecule has 3 aromatic rings. The zero-order valence-electron chi connectivity index (χ0n) is 18.3. The molecular formula is C26H27ClN4OS. The Kier molecular flexibility index (Phi) is 5.30. The first kappa shape index (κ1) is 21.0. The summed E-state index contributed by atoms with van der Waals surface area (Å²) >= 11 is 7.77. The normalized spacial score (nSPS) is 27.4. The first-order valence-electron chi connectivity index (χ1n) is 11.7. The highest BCUT2D eigenvalue weighted by Crippen LogP contribution is 2.55. The van der Waals surface area contributed by atoms with Crippen LogP contribution in [0.15, 0.2) is 53.9 Å². The van der Waals surface area contributed by atoms with Crippen LogP contribution in [0.1, 0.15) is 38.5 Å². The molecule has 7 rings (SSSR count). The van der Waals surface area contributed by atoms with Crippen LogP contribution in [0.4, 0.5) is 21.3 Å². The fraction of sp³-hybridized carbons (Fsp3) is 0.385. The van der Waals surface area contributed by atoms with Crippen molar-refractivity contribution in [3.63, 3.8) is 0 Å². The Morgan fingerprint density at radius 3 is 2.45 bits per heavy atom. The van der Waals surface area contributed by atoms with Crippen LogP contribution in [0.5, 0.6) is 0 Å². The van der Waals surface area contributed by atoms with Gasteiger partial charge in [-0.25, -0.2) is 9.78 Å². The van der Waals surface area contributed by atoms with Gasteiger partial charge in [-0.05, 0) is 80.5 Å². The van der Waals surface area contributed by atoms with Crippen molar-refractivity contribution in [3.05, 3.63) is 58.9 Å². The Morgan fingerprint density at radius 1 is 1.00 bits per heavy atom. The molecule has 0 unspecified atom stereocenters. The fourth-order valence-electron chi connectivity index (χ4n) is 6.56. The molecule has 170 valence electrons. The first-order chi connectivity index (χ1) is 16.0. The Bertz CT molecular complexity index is 1160. The number of benzene rings is 2. The van der Waals surface area contributed by atoms with Gasteiger partial charge in [-0.2, -0.15) is 0 Å².